The van der Waals surface area contributed by atoms with Crippen LogP contribution < -0.4 is 5.32 Å². The van der Waals surface area contributed by atoms with E-state index >= 15 is 0 Å². The summed E-state index contributed by atoms with van der Waals surface area (Å²) < 4.78 is 1.66. The smallest absolute Gasteiger partial charge is 0.143 e. The van der Waals surface area contributed by atoms with E-state index < -0.39 is 0 Å². The van der Waals surface area contributed by atoms with Crippen LogP contribution in [0.2, 0.25) is 0 Å². The Bertz CT molecular complexity index is 539. The maximum absolute atomic E-state index is 3.89. The van der Waals surface area contributed by atoms with Crippen LogP contribution in [-0.4, -0.2) is 26.2 Å². The molecular weight excluding hydrogens is 262 g/mol. The Morgan fingerprint density at radius 1 is 1.10 bits per heavy atom. The number of hydrogen-bond acceptors (Lipinski definition) is 4. The lowest BCUT2D eigenvalue weighted by molar-refractivity contribution is 0.267. The van der Waals surface area contributed by atoms with Crippen molar-refractivity contribution in [2.45, 2.75) is 45.6 Å². The van der Waals surface area contributed by atoms with Crippen LogP contribution in [0.15, 0.2) is 30.6 Å². The van der Waals surface area contributed by atoms with Gasteiger partial charge in [0.2, 0.25) is 0 Å². The predicted octanol–water partition coefficient (Wildman–Crippen LogP) is 3.29. The first kappa shape index (κ1) is 14.0. The summed E-state index contributed by atoms with van der Waals surface area (Å²) >= 11 is 0. The van der Waals surface area contributed by atoms with E-state index in [0.717, 1.165) is 17.5 Å². The lowest BCUT2D eigenvalue weighted by Gasteiger charge is -2.31. The molecule has 0 radical (unpaired) electrons. The molecule has 1 aliphatic rings. The van der Waals surface area contributed by atoms with Crippen LogP contribution in [0.5, 0.6) is 0 Å². The minimum atomic E-state index is 0.610. The fourth-order valence-corrected chi connectivity index (χ4v) is 3.16. The summed E-state index contributed by atoms with van der Waals surface area (Å²) in [6.07, 6.45) is 6.85. The molecule has 1 N–H and O–H groups in total. The van der Waals surface area contributed by atoms with E-state index in [1.165, 1.54) is 31.4 Å². The van der Waals surface area contributed by atoms with Gasteiger partial charge in [-0.3, -0.25) is 0 Å². The second-order valence-corrected chi connectivity index (χ2v) is 6.30. The van der Waals surface area contributed by atoms with Gasteiger partial charge in [0, 0.05) is 11.7 Å². The van der Waals surface area contributed by atoms with Crippen molar-refractivity contribution in [3.8, 4) is 5.69 Å². The molecule has 112 valence electrons. The minimum absolute atomic E-state index is 0.610. The molecule has 2 aromatic rings. The Hall–Kier alpha value is -1.91. The summed E-state index contributed by atoms with van der Waals surface area (Å²) in [6.45, 7) is 4.69. The minimum Gasteiger partial charge on any atom is -0.382 e. The fourth-order valence-electron chi connectivity index (χ4n) is 3.16. The molecule has 0 spiro atoms. The van der Waals surface area contributed by atoms with Crippen LogP contribution in [0, 0.1) is 11.8 Å². The molecule has 5 nitrogen and oxygen atoms in total. The molecule has 0 unspecified atom stereocenters. The monoisotopic (exact) mass is 285 g/mol. The van der Waals surface area contributed by atoms with Gasteiger partial charge in [-0.15, -0.1) is 5.10 Å². The van der Waals surface area contributed by atoms with Gasteiger partial charge in [-0.05, 0) is 72.2 Å². The Morgan fingerprint density at radius 2 is 1.81 bits per heavy atom. The number of benzene rings is 1. The van der Waals surface area contributed by atoms with Gasteiger partial charge in [-0.2, -0.15) is 0 Å². The topological polar surface area (TPSA) is 55.6 Å². The first-order valence-electron chi connectivity index (χ1n) is 7.82. The van der Waals surface area contributed by atoms with Crippen molar-refractivity contribution in [2.24, 2.45) is 11.8 Å². The van der Waals surface area contributed by atoms with E-state index in [0.29, 0.717) is 6.04 Å². The van der Waals surface area contributed by atoms with Crippen molar-refractivity contribution in [3.05, 3.63) is 30.6 Å². The quantitative estimate of drug-likeness (QED) is 0.936. The lowest BCUT2D eigenvalue weighted by atomic mass is 9.79. The standard InChI is InChI=1S/C16H23N5/c1-12(2)13-3-5-14(6-4-13)18-15-7-9-16(10-8-15)21-11-17-19-20-21/h7-14,18H,3-6H2,1-2H3. The van der Waals surface area contributed by atoms with E-state index in [4.69, 9.17) is 0 Å². The van der Waals surface area contributed by atoms with Gasteiger partial charge in [0.1, 0.15) is 6.33 Å². The second kappa shape index (κ2) is 6.24. The highest BCUT2D eigenvalue weighted by Crippen LogP contribution is 2.31. The molecule has 1 aromatic heterocycles. The summed E-state index contributed by atoms with van der Waals surface area (Å²) in [5.74, 6) is 1.73. The van der Waals surface area contributed by atoms with Crippen LogP contribution in [0.1, 0.15) is 39.5 Å². The SMILES string of the molecule is CC(C)C1CCC(Nc2ccc(-n3cnnn3)cc2)CC1. The molecule has 1 saturated carbocycles. The molecule has 0 aliphatic heterocycles. The van der Waals surface area contributed by atoms with Gasteiger partial charge in [0.25, 0.3) is 0 Å². The number of nitrogens with one attached hydrogen (secondary N) is 1. The highest BCUT2D eigenvalue weighted by Gasteiger charge is 2.22. The number of nitrogens with zero attached hydrogens (tertiary/aromatic N) is 4. The molecule has 1 fully saturated rings. The summed E-state index contributed by atoms with van der Waals surface area (Å²) in [6, 6.07) is 8.90. The molecule has 0 amide bonds. The van der Waals surface area contributed by atoms with Crippen LogP contribution in [0.3, 0.4) is 0 Å². The van der Waals surface area contributed by atoms with E-state index in [1.807, 2.05) is 12.1 Å². The lowest BCUT2D eigenvalue weighted by Crippen LogP contribution is -2.27. The molecule has 1 aliphatic carbocycles. The van der Waals surface area contributed by atoms with Crippen LogP contribution in [0.4, 0.5) is 5.69 Å². The van der Waals surface area contributed by atoms with Crippen LogP contribution in [-0.2, 0) is 0 Å². The van der Waals surface area contributed by atoms with Crippen molar-refractivity contribution in [2.75, 3.05) is 5.32 Å². The summed E-state index contributed by atoms with van der Waals surface area (Å²) in [5, 5.41) is 14.8. The molecule has 1 heterocycles. The molecule has 0 bridgehead atoms. The predicted molar refractivity (Wildman–Crippen MR) is 83.4 cm³/mol. The van der Waals surface area contributed by atoms with E-state index in [9.17, 15) is 0 Å². The van der Waals surface area contributed by atoms with Crippen molar-refractivity contribution in [1.82, 2.24) is 20.2 Å². The Morgan fingerprint density at radius 3 is 2.38 bits per heavy atom. The Balaban J connectivity index is 1.57. The van der Waals surface area contributed by atoms with Crippen LogP contribution >= 0.6 is 0 Å². The normalized spacial score (nSPS) is 22.4. The molecule has 5 heteroatoms. The third-order valence-corrected chi connectivity index (χ3v) is 4.57. The van der Waals surface area contributed by atoms with Gasteiger partial charge in [0.05, 0.1) is 5.69 Å². The average molecular weight is 285 g/mol. The highest BCUT2D eigenvalue weighted by molar-refractivity contribution is 5.49. The molecule has 0 saturated heterocycles. The number of tetrazole rings is 1. The zero-order chi connectivity index (χ0) is 14.7. The van der Waals surface area contributed by atoms with Crippen molar-refractivity contribution >= 4 is 5.69 Å². The zero-order valence-corrected chi connectivity index (χ0v) is 12.7. The maximum atomic E-state index is 3.89. The summed E-state index contributed by atoms with van der Waals surface area (Å²) in [5.41, 5.74) is 2.16. The number of hydrogen-bond donors (Lipinski definition) is 1. The highest BCUT2D eigenvalue weighted by atomic mass is 15.5. The number of rotatable bonds is 4. The molecule has 21 heavy (non-hydrogen) atoms. The Labute approximate surface area is 125 Å². The van der Waals surface area contributed by atoms with Gasteiger partial charge in [-0.25, -0.2) is 4.68 Å². The number of anilines is 1. The largest absolute Gasteiger partial charge is 0.382 e. The molecule has 1 aromatic carbocycles. The Kier molecular flexibility index (Phi) is 4.18. The van der Waals surface area contributed by atoms with Gasteiger partial charge < -0.3 is 5.32 Å². The average Bonchev–Trinajstić information content (AvgIpc) is 3.03. The zero-order valence-electron chi connectivity index (χ0n) is 12.7. The van der Waals surface area contributed by atoms with Crippen molar-refractivity contribution in [3.63, 3.8) is 0 Å². The maximum Gasteiger partial charge on any atom is 0.143 e. The van der Waals surface area contributed by atoms with E-state index in [1.54, 1.807) is 11.0 Å². The molecule has 3 rings (SSSR count). The van der Waals surface area contributed by atoms with Gasteiger partial charge in [-0.1, -0.05) is 13.8 Å². The third kappa shape index (κ3) is 3.40. The molecule has 0 atom stereocenters. The summed E-state index contributed by atoms with van der Waals surface area (Å²) in [4.78, 5) is 0. The summed E-state index contributed by atoms with van der Waals surface area (Å²) in [7, 11) is 0. The van der Waals surface area contributed by atoms with E-state index in [-0.39, 0.29) is 0 Å². The van der Waals surface area contributed by atoms with Crippen LogP contribution in [0.25, 0.3) is 5.69 Å². The van der Waals surface area contributed by atoms with E-state index in [2.05, 4.69) is 46.8 Å². The van der Waals surface area contributed by atoms with Gasteiger partial charge >= 0.3 is 0 Å². The fraction of sp³-hybridized carbons (Fsp3) is 0.562. The first-order valence-corrected chi connectivity index (χ1v) is 7.82. The first-order chi connectivity index (χ1) is 10.2. The van der Waals surface area contributed by atoms with Gasteiger partial charge in [0.15, 0.2) is 0 Å². The van der Waals surface area contributed by atoms with Crippen molar-refractivity contribution < 1.29 is 0 Å². The second-order valence-electron chi connectivity index (χ2n) is 6.30. The number of aromatic nitrogens is 4. The third-order valence-electron chi connectivity index (χ3n) is 4.57. The molecular formula is C16H23N5. The van der Waals surface area contributed by atoms with Crippen molar-refractivity contribution in [1.29, 1.82) is 0 Å².